The first-order chi connectivity index (χ1) is 17.4. The first-order valence-corrected chi connectivity index (χ1v) is 12.6. The fourth-order valence-electron chi connectivity index (χ4n) is 4.08. The van der Waals surface area contributed by atoms with Crippen LogP contribution in [0, 0.1) is 12.8 Å². The lowest BCUT2D eigenvalue weighted by molar-refractivity contribution is -0.126. The Hall–Kier alpha value is -3.65. The summed E-state index contributed by atoms with van der Waals surface area (Å²) in [7, 11) is 0. The Morgan fingerprint density at radius 1 is 1.06 bits per heavy atom. The molecule has 1 aliphatic heterocycles. The first kappa shape index (κ1) is 25.4. The lowest BCUT2D eigenvalue weighted by atomic mass is 10.1. The molecular weight excluding hydrogens is 522 g/mol. The molecule has 1 atom stereocenters. The van der Waals surface area contributed by atoms with E-state index in [0.29, 0.717) is 24.5 Å². The van der Waals surface area contributed by atoms with E-state index in [4.69, 9.17) is 4.74 Å². The first-order valence-electron chi connectivity index (χ1n) is 11.8. The second kappa shape index (κ2) is 11.9. The number of hydrogen-bond acceptors (Lipinski definition) is 4. The molecule has 3 amide bonds. The largest absolute Gasteiger partial charge is 0.484 e. The number of nitrogens with one attached hydrogen (secondary N) is 2. The SMILES string of the molecule is Cc1cc(Br)ccc1NC(=O)COc1ccc(N2C[C@@H](C(=O)NCCc3ccccc3)CC2=O)cc1. The Balaban J connectivity index is 1.24. The molecule has 3 aromatic rings. The van der Waals surface area contributed by atoms with Crippen molar-refractivity contribution in [2.75, 3.05) is 29.9 Å². The Labute approximate surface area is 219 Å². The van der Waals surface area contributed by atoms with E-state index in [1.54, 1.807) is 29.2 Å². The Morgan fingerprint density at radius 2 is 1.81 bits per heavy atom. The van der Waals surface area contributed by atoms with E-state index < -0.39 is 0 Å². The van der Waals surface area contributed by atoms with Crippen molar-refractivity contribution in [2.45, 2.75) is 19.8 Å². The summed E-state index contributed by atoms with van der Waals surface area (Å²) in [6, 6.07) is 22.5. The fourth-order valence-corrected chi connectivity index (χ4v) is 4.55. The van der Waals surface area contributed by atoms with Gasteiger partial charge < -0.3 is 20.3 Å². The van der Waals surface area contributed by atoms with Gasteiger partial charge in [-0.2, -0.15) is 0 Å². The molecule has 8 heteroatoms. The summed E-state index contributed by atoms with van der Waals surface area (Å²) in [6.07, 6.45) is 0.935. The van der Waals surface area contributed by atoms with Gasteiger partial charge in [-0.1, -0.05) is 46.3 Å². The molecule has 1 heterocycles. The smallest absolute Gasteiger partial charge is 0.262 e. The Kier molecular flexibility index (Phi) is 8.38. The van der Waals surface area contributed by atoms with Crippen molar-refractivity contribution in [3.8, 4) is 5.75 Å². The maximum absolute atomic E-state index is 12.6. The second-order valence-corrected chi connectivity index (χ2v) is 9.64. The maximum atomic E-state index is 12.6. The van der Waals surface area contributed by atoms with E-state index in [9.17, 15) is 14.4 Å². The summed E-state index contributed by atoms with van der Waals surface area (Å²) in [4.78, 5) is 39.0. The second-order valence-electron chi connectivity index (χ2n) is 8.72. The van der Waals surface area contributed by atoms with Crippen molar-refractivity contribution in [3.05, 3.63) is 88.4 Å². The summed E-state index contributed by atoms with van der Waals surface area (Å²) >= 11 is 3.40. The molecule has 0 aromatic heterocycles. The molecule has 0 radical (unpaired) electrons. The zero-order valence-electron chi connectivity index (χ0n) is 20.0. The molecule has 1 fully saturated rings. The summed E-state index contributed by atoms with van der Waals surface area (Å²) in [5.41, 5.74) is 3.53. The van der Waals surface area contributed by atoms with Gasteiger partial charge in [-0.25, -0.2) is 0 Å². The van der Waals surface area contributed by atoms with Crippen LogP contribution in [0.1, 0.15) is 17.5 Å². The highest BCUT2D eigenvalue weighted by molar-refractivity contribution is 9.10. The standard InChI is InChI=1S/C28H28BrN3O4/c1-19-15-22(29)7-12-25(19)31-26(33)18-36-24-10-8-23(9-11-24)32-17-21(16-27(32)34)28(35)30-14-13-20-5-3-2-4-6-20/h2-12,15,21H,13-14,16-18H2,1H3,(H,30,35)(H,31,33)/t21-/m0/s1. The lowest BCUT2D eigenvalue weighted by Gasteiger charge is -2.17. The zero-order valence-corrected chi connectivity index (χ0v) is 21.6. The van der Waals surface area contributed by atoms with Gasteiger partial charge in [-0.05, 0) is 66.9 Å². The zero-order chi connectivity index (χ0) is 25.5. The monoisotopic (exact) mass is 549 g/mol. The third kappa shape index (κ3) is 6.73. The van der Waals surface area contributed by atoms with Crippen LogP contribution in [0.25, 0.3) is 0 Å². The number of halogens is 1. The number of carbonyl (C=O) groups excluding carboxylic acids is 3. The van der Waals surface area contributed by atoms with Crippen LogP contribution in [-0.2, 0) is 20.8 Å². The molecule has 1 aliphatic rings. The van der Waals surface area contributed by atoms with Gasteiger partial charge in [0.25, 0.3) is 5.91 Å². The van der Waals surface area contributed by atoms with Crippen molar-refractivity contribution in [3.63, 3.8) is 0 Å². The molecule has 4 rings (SSSR count). The summed E-state index contributed by atoms with van der Waals surface area (Å²) < 4.78 is 6.54. The maximum Gasteiger partial charge on any atom is 0.262 e. The molecule has 0 unspecified atom stereocenters. The van der Waals surface area contributed by atoms with Crippen LogP contribution in [0.3, 0.4) is 0 Å². The number of aryl methyl sites for hydroxylation is 1. The van der Waals surface area contributed by atoms with Crippen molar-refractivity contribution >= 4 is 45.0 Å². The molecule has 0 aliphatic carbocycles. The van der Waals surface area contributed by atoms with Crippen molar-refractivity contribution in [2.24, 2.45) is 5.92 Å². The van der Waals surface area contributed by atoms with Gasteiger partial charge in [-0.3, -0.25) is 14.4 Å². The predicted molar refractivity (Wildman–Crippen MR) is 143 cm³/mol. The molecular formula is C28H28BrN3O4. The average molecular weight is 550 g/mol. The Bertz CT molecular complexity index is 1230. The number of hydrogen-bond donors (Lipinski definition) is 2. The molecule has 186 valence electrons. The lowest BCUT2D eigenvalue weighted by Crippen LogP contribution is -2.34. The predicted octanol–water partition coefficient (Wildman–Crippen LogP) is 4.49. The molecule has 1 saturated heterocycles. The van der Waals surface area contributed by atoms with Crippen molar-refractivity contribution in [1.29, 1.82) is 0 Å². The molecule has 0 spiro atoms. The van der Waals surface area contributed by atoms with E-state index >= 15 is 0 Å². The Morgan fingerprint density at radius 3 is 2.53 bits per heavy atom. The third-order valence-electron chi connectivity index (χ3n) is 6.03. The normalized spacial score (nSPS) is 15.0. The highest BCUT2D eigenvalue weighted by Gasteiger charge is 2.34. The van der Waals surface area contributed by atoms with Gasteiger partial charge in [0.1, 0.15) is 5.75 Å². The number of nitrogens with zero attached hydrogens (tertiary/aromatic N) is 1. The highest BCUT2D eigenvalue weighted by atomic mass is 79.9. The molecule has 0 saturated carbocycles. The van der Waals surface area contributed by atoms with Gasteiger partial charge >= 0.3 is 0 Å². The van der Waals surface area contributed by atoms with Gasteiger partial charge in [0.05, 0.1) is 5.92 Å². The number of rotatable bonds is 9. The minimum atomic E-state index is -0.380. The van der Waals surface area contributed by atoms with E-state index in [2.05, 4.69) is 26.6 Å². The number of carbonyl (C=O) groups is 3. The third-order valence-corrected chi connectivity index (χ3v) is 6.53. The molecule has 0 bridgehead atoms. The summed E-state index contributed by atoms with van der Waals surface area (Å²) in [5.74, 6) is -0.316. The number of benzene rings is 3. The quantitative estimate of drug-likeness (QED) is 0.411. The number of anilines is 2. The van der Waals surface area contributed by atoms with E-state index in [1.807, 2.05) is 55.5 Å². The van der Waals surface area contributed by atoms with Crippen LogP contribution in [-0.4, -0.2) is 37.4 Å². The van der Waals surface area contributed by atoms with Gasteiger partial charge in [-0.15, -0.1) is 0 Å². The van der Waals surface area contributed by atoms with Crippen LogP contribution in [0.4, 0.5) is 11.4 Å². The molecule has 7 nitrogen and oxygen atoms in total. The minimum Gasteiger partial charge on any atom is -0.484 e. The summed E-state index contributed by atoms with van der Waals surface area (Å²) in [5, 5.41) is 5.78. The van der Waals surface area contributed by atoms with Gasteiger partial charge in [0.15, 0.2) is 6.61 Å². The van der Waals surface area contributed by atoms with Crippen molar-refractivity contribution < 1.29 is 19.1 Å². The fraction of sp³-hybridized carbons (Fsp3) is 0.250. The molecule has 36 heavy (non-hydrogen) atoms. The van der Waals surface area contributed by atoms with Crippen molar-refractivity contribution in [1.82, 2.24) is 5.32 Å². The number of amides is 3. The van der Waals surface area contributed by atoms with E-state index in [1.165, 1.54) is 0 Å². The van der Waals surface area contributed by atoms with E-state index in [0.717, 1.165) is 27.7 Å². The summed E-state index contributed by atoms with van der Waals surface area (Å²) in [6.45, 7) is 2.65. The van der Waals surface area contributed by atoms with E-state index in [-0.39, 0.29) is 36.7 Å². The van der Waals surface area contributed by atoms with Gasteiger partial charge in [0.2, 0.25) is 11.8 Å². The molecule has 2 N–H and O–H groups in total. The van der Waals surface area contributed by atoms with Crippen LogP contribution in [0.2, 0.25) is 0 Å². The van der Waals surface area contributed by atoms with Crippen LogP contribution >= 0.6 is 15.9 Å². The number of ether oxygens (including phenoxy) is 1. The van der Waals surface area contributed by atoms with Gasteiger partial charge in [0, 0.05) is 35.4 Å². The highest BCUT2D eigenvalue weighted by Crippen LogP contribution is 2.27. The minimum absolute atomic E-state index is 0.0869. The average Bonchev–Trinajstić information content (AvgIpc) is 3.27. The topological polar surface area (TPSA) is 87.7 Å². The van der Waals surface area contributed by atoms with Crippen LogP contribution < -0.4 is 20.3 Å². The van der Waals surface area contributed by atoms with Crippen LogP contribution in [0.5, 0.6) is 5.75 Å². The van der Waals surface area contributed by atoms with Crippen LogP contribution in [0.15, 0.2) is 77.3 Å². The molecule has 3 aromatic carbocycles.